The maximum absolute atomic E-state index is 14.1. The number of benzene rings is 2. The van der Waals surface area contributed by atoms with Crippen molar-refractivity contribution in [1.29, 1.82) is 0 Å². The van der Waals surface area contributed by atoms with Crippen molar-refractivity contribution in [3.8, 4) is 23.2 Å². The van der Waals surface area contributed by atoms with E-state index in [0.717, 1.165) is 90.9 Å². The molecular formula is C42H40FN9O4. The van der Waals surface area contributed by atoms with Gasteiger partial charge < -0.3 is 14.5 Å². The largest absolute Gasteiger partial charge is 0.439 e. The third kappa shape index (κ3) is 7.13. The number of amides is 3. The predicted molar refractivity (Wildman–Crippen MR) is 206 cm³/mol. The predicted octanol–water partition coefficient (Wildman–Crippen LogP) is 4.74. The first kappa shape index (κ1) is 35.4. The molecule has 5 aromatic rings. The molecule has 1 unspecified atom stereocenters. The van der Waals surface area contributed by atoms with E-state index in [4.69, 9.17) is 14.8 Å². The molecule has 7 heterocycles. The van der Waals surface area contributed by atoms with Crippen molar-refractivity contribution in [2.75, 3.05) is 55.6 Å². The van der Waals surface area contributed by atoms with Crippen LogP contribution in [0.5, 0.6) is 0 Å². The Bertz CT molecular complexity index is 2380. The number of nitrogens with zero attached hydrogens (tertiary/aromatic N) is 8. The van der Waals surface area contributed by atoms with Crippen LogP contribution in [-0.2, 0) is 14.3 Å². The number of fused-ring (bicyclic) bond motifs is 1. The molecule has 3 aromatic heterocycles. The highest BCUT2D eigenvalue weighted by Gasteiger charge is 2.42. The molecule has 4 saturated heterocycles. The summed E-state index contributed by atoms with van der Waals surface area (Å²) in [6.45, 7) is 4.96. The number of halogens is 1. The number of imidazole rings is 1. The van der Waals surface area contributed by atoms with E-state index in [0.29, 0.717) is 6.54 Å². The molecule has 284 valence electrons. The molecule has 4 aliphatic heterocycles. The highest BCUT2D eigenvalue weighted by Crippen LogP contribution is 2.36. The molecule has 0 aliphatic carbocycles. The van der Waals surface area contributed by atoms with Crippen LogP contribution >= 0.6 is 0 Å². The number of pyridine rings is 1. The molecule has 2 aromatic carbocycles. The number of aromatic nitrogens is 4. The maximum atomic E-state index is 14.1. The number of nitrogens with one attached hydrogen (secondary N) is 1. The minimum absolute atomic E-state index is 0.0617. The molecule has 3 amide bonds. The third-order valence-electron chi connectivity index (χ3n) is 11.0. The third-order valence-corrected chi connectivity index (χ3v) is 11.0. The molecular weight excluding hydrogens is 714 g/mol. The monoisotopic (exact) mass is 753 g/mol. The first-order valence-corrected chi connectivity index (χ1v) is 19.1. The fourth-order valence-corrected chi connectivity index (χ4v) is 8.13. The van der Waals surface area contributed by atoms with Gasteiger partial charge in [0.2, 0.25) is 11.8 Å². The molecule has 4 aliphatic rings. The number of anilines is 2. The van der Waals surface area contributed by atoms with Crippen LogP contribution in [0.1, 0.15) is 54.5 Å². The summed E-state index contributed by atoms with van der Waals surface area (Å²) in [6.07, 6.45) is 3.16. The highest BCUT2D eigenvalue weighted by molar-refractivity contribution is 6.01. The minimum Gasteiger partial charge on any atom is -0.439 e. The van der Waals surface area contributed by atoms with Crippen LogP contribution in [0.15, 0.2) is 85.1 Å². The highest BCUT2D eigenvalue weighted by atomic mass is 19.1. The zero-order chi connectivity index (χ0) is 38.2. The lowest BCUT2D eigenvalue weighted by Crippen LogP contribution is -2.52. The van der Waals surface area contributed by atoms with Crippen LogP contribution in [0.4, 0.5) is 20.8 Å². The van der Waals surface area contributed by atoms with E-state index in [1.54, 1.807) is 12.1 Å². The number of piperazine rings is 1. The van der Waals surface area contributed by atoms with Crippen LogP contribution in [0, 0.1) is 17.7 Å². The van der Waals surface area contributed by atoms with E-state index < -0.39 is 24.1 Å². The van der Waals surface area contributed by atoms with Crippen LogP contribution in [-0.4, -0.2) is 99.1 Å². The normalized spacial score (nSPS) is 21.6. The second kappa shape index (κ2) is 15.1. The number of piperidine rings is 1. The van der Waals surface area contributed by atoms with Crippen molar-refractivity contribution in [3.05, 3.63) is 108 Å². The first-order valence-electron chi connectivity index (χ1n) is 19.1. The van der Waals surface area contributed by atoms with E-state index in [1.165, 1.54) is 11.0 Å². The van der Waals surface area contributed by atoms with Gasteiger partial charge in [-0.05, 0) is 78.9 Å². The molecule has 13 nitrogen and oxygen atoms in total. The molecule has 0 spiro atoms. The van der Waals surface area contributed by atoms with Crippen molar-refractivity contribution in [1.82, 2.24) is 34.7 Å². The molecule has 4 fully saturated rings. The fraction of sp³-hybridized carbons (Fsp3) is 0.333. The number of hydrogen-bond donors (Lipinski definition) is 1. The fourth-order valence-electron chi connectivity index (χ4n) is 8.13. The summed E-state index contributed by atoms with van der Waals surface area (Å²) in [5, 5.41) is 7.33. The second-order valence-corrected chi connectivity index (χ2v) is 14.6. The Labute approximate surface area is 323 Å². The number of carbonyl (C=O) groups is 3. The molecule has 3 atom stereocenters. The van der Waals surface area contributed by atoms with E-state index in [1.807, 2.05) is 71.4 Å². The topological polar surface area (TPSA) is 129 Å². The summed E-state index contributed by atoms with van der Waals surface area (Å²) in [5.74, 6) is 7.28. The Morgan fingerprint density at radius 3 is 2.54 bits per heavy atom. The molecule has 0 radical (unpaired) electrons. The van der Waals surface area contributed by atoms with Crippen molar-refractivity contribution in [3.63, 3.8) is 0 Å². The average molecular weight is 754 g/mol. The first-order chi connectivity index (χ1) is 27.4. The van der Waals surface area contributed by atoms with E-state index >= 15 is 0 Å². The Balaban J connectivity index is 0.821. The van der Waals surface area contributed by atoms with Gasteiger partial charge in [-0.25, -0.2) is 23.7 Å². The molecule has 14 heteroatoms. The van der Waals surface area contributed by atoms with Gasteiger partial charge in [-0.3, -0.25) is 24.7 Å². The number of rotatable bonds is 7. The van der Waals surface area contributed by atoms with E-state index in [9.17, 15) is 18.8 Å². The quantitative estimate of drug-likeness (QED) is 0.184. The maximum Gasteiger partial charge on any atom is 0.411 e. The Morgan fingerprint density at radius 1 is 0.839 bits per heavy atom. The van der Waals surface area contributed by atoms with Gasteiger partial charge in [0.05, 0.1) is 31.0 Å². The van der Waals surface area contributed by atoms with Crippen LogP contribution in [0.3, 0.4) is 0 Å². The van der Waals surface area contributed by atoms with Gasteiger partial charge in [0.1, 0.15) is 35.3 Å². The lowest BCUT2D eigenvalue weighted by atomic mass is 10.0. The summed E-state index contributed by atoms with van der Waals surface area (Å²) in [7, 11) is 0. The minimum atomic E-state index is -0.708. The number of imide groups is 1. The average Bonchev–Trinajstić information content (AvgIpc) is 3.97. The summed E-state index contributed by atoms with van der Waals surface area (Å²) in [6, 6.07) is 23.8. The van der Waals surface area contributed by atoms with Gasteiger partial charge >= 0.3 is 6.09 Å². The Kier molecular flexibility index (Phi) is 9.52. The van der Waals surface area contributed by atoms with Crippen molar-refractivity contribution >= 4 is 35.2 Å². The van der Waals surface area contributed by atoms with Crippen LogP contribution < -0.4 is 15.1 Å². The van der Waals surface area contributed by atoms with Crippen molar-refractivity contribution in [2.24, 2.45) is 0 Å². The van der Waals surface area contributed by atoms with Crippen LogP contribution in [0.2, 0.25) is 0 Å². The number of hydrogen-bond acceptors (Lipinski definition) is 10. The SMILES string of the molecule is O=C1CCC(N2C[C@H](c3cccc(C#CCN4CCN(c5cccc(-c6cnc7ccc(N8CCC[C@H]8c8cccc(F)c8)nn67)n5)CC4)c3)OC2=O)C(=O)N1. The Hall–Kier alpha value is -6.33. The van der Waals surface area contributed by atoms with Crippen LogP contribution in [0.25, 0.3) is 17.0 Å². The summed E-state index contributed by atoms with van der Waals surface area (Å²) < 4.78 is 21.6. The smallest absolute Gasteiger partial charge is 0.411 e. The van der Waals surface area contributed by atoms with Gasteiger partial charge in [-0.1, -0.05) is 42.2 Å². The summed E-state index contributed by atoms with van der Waals surface area (Å²) >= 11 is 0. The molecule has 56 heavy (non-hydrogen) atoms. The Morgan fingerprint density at radius 2 is 1.68 bits per heavy atom. The van der Waals surface area contributed by atoms with Crippen molar-refractivity contribution in [2.45, 2.75) is 43.9 Å². The molecule has 0 bridgehead atoms. The molecule has 9 rings (SSSR count). The zero-order valence-electron chi connectivity index (χ0n) is 30.7. The summed E-state index contributed by atoms with van der Waals surface area (Å²) in [5.41, 5.74) is 4.91. The second-order valence-electron chi connectivity index (χ2n) is 14.6. The number of carbonyl (C=O) groups excluding carboxylic acids is 3. The zero-order valence-corrected chi connectivity index (χ0v) is 30.7. The number of ether oxygens (including phenoxy) is 1. The van der Waals surface area contributed by atoms with E-state index in [2.05, 4.69) is 36.8 Å². The van der Waals surface area contributed by atoms with Crippen molar-refractivity contribution < 1.29 is 23.5 Å². The summed E-state index contributed by atoms with van der Waals surface area (Å²) in [4.78, 5) is 54.5. The molecule has 0 saturated carbocycles. The lowest BCUT2D eigenvalue weighted by molar-refractivity contribution is -0.136. The van der Waals surface area contributed by atoms with E-state index in [-0.39, 0.29) is 37.2 Å². The van der Waals surface area contributed by atoms with Gasteiger partial charge in [-0.15, -0.1) is 5.10 Å². The lowest BCUT2D eigenvalue weighted by Gasteiger charge is -2.34. The van der Waals surface area contributed by atoms with Gasteiger partial charge in [0.15, 0.2) is 5.65 Å². The van der Waals surface area contributed by atoms with Gasteiger partial charge in [0.25, 0.3) is 0 Å². The van der Waals surface area contributed by atoms with Gasteiger partial charge in [0, 0.05) is 44.7 Å². The van der Waals surface area contributed by atoms with Gasteiger partial charge in [-0.2, -0.15) is 0 Å². The number of cyclic esters (lactones) is 1. The molecule has 1 N–H and O–H groups in total. The standard InChI is InChI=1S/C42H40FN9O4/c43-31-10-2-8-29(25-31)33-12-5-19-50(33)39-16-15-37-44-26-35(52(37)47-39)32-11-3-13-38(45-32)49-22-20-48(21-23-49)18-4-7-28-6-1-9-30(24-28)36-27-51(42(55)56-36)34-14-17-40(53)46-41(34)54/h1-3,6,8-11,13,15-16,24-26,33-34,36H,5,12,14,17-23,27H2,(H,46,53,54)/t33-,34?,36+/m0/s1.